The Morgan fingerprint density at radius 3 is 2.14 bits per heavy atom. The number of benzene rings is 1. The fourth-order valence-electron chi connectivity index (χ4n) is 1.69. The number of hydrogen-bond donors (Lipinski definition) is 0. The summed E-state index contributed by atoms with van der Waals surface area (Å²) in [5, 5.41) is 0. The maximum atomic E-state index is 11.1. The summed E-state index contributed by atoms with van der Waals surface area (Å²) < 4.78 is 20.6. The lowest BCUT2D eigenvalue weighted by Gasteiger charge is -2.12. The van der Waals surface area contributed by atoms with E-state index in [0.717, 1.165) is 5.56 Å². The highest BCUT2D eigenvalue weighted by Crippen LogP contribution is 2.38. The molecule has 0 spiro atoms. The molecule has 0 atom stereocenters. The zero-order valence-corrected chi connectivity index (χ0v) is 12.7. The van der Waals surface area contributed by atoms with Crippen molar-refractivity contribution in [3.05, 3.63) is 35.9 Å². The van der Waals surface area contributed by atoms with Gasteiger partial charge in [0.2, 0.25) is 5.75 Å². The maximum Gasteiger partial charge on any atom is 0.330 e. The predicted octanol–water partition coefficient (Wildman–Crippen LogP) is 2.84. The maximum absolute atomic E-state index is 11.1. The fourth-order valence-corrected chi connectivity index (χ4v) is 1.69. The Bertz CT molecular complexity index is 506. The van der Waals surface area contributed by atoms with Crippen molar-refractivity contribution in [2.45, 2.75) is 6.92 Å². The SMILES string of the molecule is CCOC(=O)C=CC=Cc1cc(OC)c(OC)c(OC)c1. The minimum Gasteiger partial charge on any atom is -0.493 e. The first-order chi connectivity index (χ1) is 10.2. The normalized spacial score (nSPS) is 10.9. The quantitative estimate of drug-likeness (QED) is 0.439. The molecule has 5 heteroatoms. The molecule has 0 aromatic heterocycles. The first kappa shape index (κ1) is 16.6. The van der Waals surface area contributed by atoms with Gasteiger partial charge >= 0.3 is 5.97 Å². The summed E-state index contributed by atoms with van der Waals surface area (Å²) in [7, 11) is 4.68. The van der Waals surface area contributed by atoms with Gasteiger partial charge in [-0.3, -0.25) is 0 Å². The van der Waals surface area contributed by atoms with E-state index in [4.69, 9.17) is 18.9 Å². The molecule has 114 valence electrons. The summed E-state index contributed by atoms with van der Waals surface area (Å²) in [5.41, 5.74) is 0.859. The third-order valence-electron chi connectivity index (χ3n) is 2.61. The van der Waals surface area contributed by atoms with Crippen molar-refractivity contribution in [1.29, 1.82) is 0 Å². The number of esters is 1. The summed E-state index contributed by atoms with van der Waals surface area (Å²) in [6, 6.07) is 3.63. The second-order valence-corrected chi connectivity index (χ2v) is 3.93. The average molecular weight is 292 g/mol. The molecule has 1 rings (SSSR count). The van der Waals surface area contributed by atoms with E-state index in [1.54, 1.807) is 40.4 Å². The summed E-state index contributed by atoms with van der Waals surface area (Å²) >= 11 is 0. The molecule has 0 radical (unpaired) electrons. The van der Waals surface area contributed by atoms with E-state index in [1.165, 1.54) is 6.08 Å². The molecule has 0 saturated carbocycles. The van der Waals surface area contributed by atoms with Gasteiger partial charge in [0.25, 0.3) is 0 Å². The largest absolute Gasteiger partial charge is 0.493 e. The van der Waals surface area contributed by atoms with E-state index in [9.17, 15) is 4.79 Å². The van der Waals surface area contributed by atoms with Crippen LogP contribution in [-0.2, 0) is 9.53 Å². The van der Waals surface area contributed by atoms with Gasteiger partial charge in [-0.25, -0.2) is 4.79 Å². The minimum absolute atomic E-state index is 0.361. The van der Waals surface area contributed by atoms with Crippen LogP contribution in [0.15, 0.2) is 30.4 Å². The van der Waals surface area contributed by atoms with Crippen molar-refractivity contribution in [1.82, 2.24) is 0 Å². The number of carbonyl (C=O) groups is 1. The predicted molar refractivity (Wildman–Crippen MR) is 80.9 cm³/mol. The van der Waals surface area contributed by atoms with Crippen molar-refractivity contribution in [2.75, 3.05) is 27.9 Å². The lowest BCUT2D eigenvalue weighted by molar-refractivity contribution is -0.137. The van der Waals surface area contributed by atoms with Crippen LogP contribution in [0.4, 0.5) is 0 Å². The monoisotopic (exact) mass is 292 g/mol. The fraction of sp³-hybridized carbons (Fsp3) is 0.312. The molecule has 5 nitrogen and oxygen atoms in total. The zero-order chi connectivity index (χ0) is 15.7. The Morgan fingerprint density at radius 1 is 1.05 bits per heavy atom. The van der Waals surface area contributed by atoms with Crippen molar-refractivity contribution in [3.63, 3.8) is 0 Å². The van der Waals surface area contributed by atoms with Crippen molar-refractivity contribution in [3.8, 4) is 17.2 Å². The van der Waals surface area contributed by atoms with Gasteiger partial charge in [-0.2, -0.15) is 0 Å². The summed E-state index contributed by atoms with van der Waals surface area (Å²) in [4.78, 5) is 11.1. The van der Waals surface area contributed by atoms with Gasteiger partial charge in [0.15, 0.2) is 11.5 Å². The summed E-state index contributed by atoms with van der Waals surface area (Å²) in [6.07, 6.45) is 6.52. The first-order valence-electron chi connectivity index (χ1n) is 6.47. The van der Waals surface area contributed by atoms with Crippen LogP contribution in [0, 0.1) is 0 Å². The number of carbonyl (C=O) groups excluding carboxylic acids is 1. The molecule has 0 amide bonds. The highest BCUT2D eigenvalue weighted by atomic mass is 16.5. The molecule has 0 fully saturated rings. The molecule has 0 aliphatic heterocycles. The topological polar surface area (TPSA) is 54.0 Å². The number of methoxy groups -OCH3 is 3. The van der Waals surface area contributed by atoms with Crippen LogP contribution < -0.4 is 14.2 Å². The third-order valence-corrected chi connectivity index (χ3v) is 2.61. The molecule has 1 aromatic rings. The number of rotatable bonds is 7. The van der Waals surface area contributed by atoms with Crippen LogP contribution in [0.25, 0.3) is 6.08 Å². The molecular weight excluding hydrogens is 272 g/mol. The Hall–Kier alpha value is -2.43. The summed E-state index contributed by atoms with van der Waals surface area (Å²) in [5.74, 6) is 1.32. The Morgan fingerprint density at radius 2 is 1.67 bits per heavy atom. The van der Waals surface area contributed by atoms with Gasteiger partial charge in [0.1, 0.15) is 0 Å². The lowest BCUT2D eigenvalue weighted by atomic mass is 10.1. The minimum atomic E-state index is -0.368. The molecule has 0 bridgehead atoms. The molecule has 0 aliphatic rings. The second-order valence-electron chi connectivity index (χ2n) is 3.93. The molecule has 21 heavy (non-hydrogen) atoms. The Labute approximate surface area is 124 Å². The molecule has 0 saturated heterocycles. The van der Waals surface area contributed by atoms with E-state index < -0.39 is 0 Å². The van der Waals surface area contributed by atoms with Crippen LogP contribution >= 0.6 is 0 Å². The Kier molecular flexibility index (Phi) is 6.87. The first-order valence-corrected chi connectivity index (χ1v) is 6.47. The molecular formula is C16H20O5. The molecule has 0 N–H and O–H groups in total. The van der Waals surface area contributed by atoms with E-state index in [-0.39, 0.29) is 5.97 Å². The van der Waals surface area contributed by atoms with Crippen LogP contribution in [0.2, 0.25) is 0 Å². The van der Waals surface area contributed by atoms with E-state index in [1.807, 2.05) is 18.2 Å². The zero-order valence-electron chi connectivity index (χ0n) is 12.7. The van der Waals surface area contributed by atoms with Gasteiger partial charge in [-0.15, -0.1) is 0 Å². The highest BCUT2D eigenvalue weighted by Gasteiger charge is 2.11. The number of allylic oxidation sites excluding steroid dienone is 2. The van der Waals surface area contributed by atoms with Gasteiger partial charge in [-0.1, -0.05) is 18.2 Å². The number of ether oxygens (including phenoxy) is 4. The Balaban J connectivity index is 2.91. The van der Waals surface area contributed by atoms with Crippen LogP contribution in [0.5, 0.6) is 17.2 Å². The average Bonchev–Trinajstić information content (AvgIpc) is 2.50. The van der Waals surface area contributed by atoms with E-state index in [2.05, 4.69) is 0 Å². The third kappa shape index (κ3) is 4.87. The number of hydrogen-bond acceptors (Lipinski definition) is 5. The smallest absolute Gasteiger partial charge is 0.330 e. The summed E-state index contributed by atoms with van der Waals surface area (Å²) in [6.45, 7) is 2.12. The molecule has 0 heterocycles. The van der Waals surface area contributed by atoms with Gasteiger partial charge in [-0.05, 0) is 24.6 Å². The standard InChI is InChI=1S/C16H20O5/c1-5-21-15(17)9-7-6-8-12-10-13(18-2)16(20-4)14(11-12)19-3/h6-11H,5H2,1-4H3. The van der Waals surface area contributed by atoms with Gasteiger partial charge in [0.05, 0.1) is 27.9 Å². The van der Waals surface area contributed by atoms with Crippen molar-refractivity contribution < 1.29 is 23.7 Å². The van der Waals surface area contributed by atoms with Crippen molar-refractivity contribution in [2.24, 2.45) is 0 Å². The second kappa shape index (κ2) is 8.68. The molecule has 0 aliphatic carbocycles. The van der Waals surface area contributed by atoms with Gasteiger partial charge in [0, 0.05) is 6.08 Å². The van der Waals surface area contributed by atoms with Crippen LogP contribution in [0.3, 0.4) is 0 Å². The molecule has 0 unspecified atom stereocenters. The van der Waals surface area contributed by atoms with Crippen molar-refractivity contribution >= 4 is 12.0 Å². The van der Waals surface area contributed by atoms with E-state index in [0.29, 0.717) is 23.9 Å². The lowest BCUT2D eigenvalue weighted by Crippen LogP contribution is -1.98. The van der Waals surface area contributed by atoms with Crippen LogP contribution in [0.1, 0.15) is 12.5 Å². The molecule has 1 aromatic carbocycles. The van der Waals surface area contributed by atoms with Gasteiger partial charge < -0.3 is 18.9 Å². The van der Waals surface area contributed by atoms with E-state index >= 15 is 0 Å². The van der Waals surface area contributed by atoms with Crippen LogP contribution in [-0.4, -0.2) is 33.9 Å². The highest BCUT2D eigenvalue weighted by molar-refractivity contribution is 5.82.